The van der Waals surface area contributed by atoms with Crippen molar-refractivity contribution in [2.24, 2.45) is 0 Å². The third-order valence-corrected chi connectivity index (χ3v) is 2.69. The number of nitrogens with one attached hydrogen (secondary N) is 2. The summed E-state index contributed by atoms with van der Waals surface area (Å²) in [5.41, 5.74) is 6.60. The molecule has 1 aromatic carbocycles. The molecule has 0 amide bonds. The number of anilines is 4. The highest BCUT2D eigenvalue weighted by Gasteiger charge is 2.02. The van der Waals surface area contributed by atoms with Gasteiger partial charge >= 0.3 is 0 Å². The van der Waals surface area contributed by atoms with Crippen molar-refractivity contribution in [3.63, 3.8) is 0 Å². The van der Waals surface area contributed by atoms with Gasteiger partial charge in [-0.1, -0.05) is 22.0 Å². The van der Waals surface area contributed by atoms with E-state index in [0.29, 0.717) is 11.6 Å². The van der Waals surface area contributed by atoms with Crippen LogP contribution in [0.2, 0.25) is 0 Å². The predicted molar refractivity (Wildman–Crippen MR) is 78.0 cm³/mol. The predicted octanol–water partition coefficient (Wildman–Crippen LogP) is 3.00. The lowest BCUT2D eigenvalue weighted by molar-refractivity contribution is 1.12. The van der Waals surface area contributed by atoms with Crippen LogP contribution in [0.1, 0.15) is 6.92 Å². The third kappa shape index (κ3) is 3.33. The van der Waals surface area contributed by atoms with Gasteiger partial charge in [-0.2, -0.15) is 9.97 Å². The molecule has 1 aromatic heterocycles. The molecule has 2 rings (SSSR count). The van der Waals surface area contributed by atoms with E-state index < -0.39 is 0 Å². The number of benzene rings is 1. The topological polar surface area (TPSA) is 75.9 Å². The monoisotopic (exact) mass is 307 g/mol. The third-order valence-electron chi connectivity index (χ3n) is 2.20. The van der Waals surface area contributed by atoms with Crippen molar-refractivity contribution in [2.75, 3.05) is 22.9 Å². The first-order valence-corrected chi connectivity index (χ1v) is 6.37. The molecule has 18 heavy (non-hydrogen) atoms. The maximum absolute atomic E-state index is 5.66. The zero-order valence-electron chi connectivity index (χ0n) is 9.94. The van der Waals surface area contributed by atoms with Crippen molar-refractivity contribution in [1.29, 1.82) is 0 Å². The summed E-state index contributed by atoms with van der Waals surface area (Å²) in [6.45, 7) is 2.78. The minimum atomic E-state index is 0.242. The van der Waals surface area contributed by atoms with Gasteiger partial charge in [0.2, 0.25) is 5.95 Å². The zero-order valence-corrected chi connectivity index (χ0v) is 11.5. The van der Waals surface area contributed by atoms with Gasteiger partial charge in [0.05, 0.1) is 0 Å². The van der Waals surface area contributed by atoms with Crippen LogP contribution in [0.25, 0.3) is 0 Å². The highest BCUT2D eigenvalue weighted by atomic mass is 79.9. The van der Waals surface area contributed by atoms with Gasteiger partial charge in [0.15, 0.2) is 0 Å². The van der Waals surface area contributed by atoms with E-state index in [0.717, 1.165) is 16.7 Å². The molecule has 0 unspecified atom stereocenters. The van der Waals surface area contributed by atoms with Gasteiger partial charge in [0.25, 0.3) is 0 Å². The van der Waals surface area contributed by atoms with Gasteiger partial charge in [-0.3, -0.25) is 0 Å². The summed E-state index contributed by atoms with van der Waals surface area (Å²) in [4.78, 5) is 8.23. The standard InChI is InChI=1S/C12H14BrN5/c1-2-15-10-7-11(18-12(14)17-10)16-9-5-3-4-8(13)6-9/h3-7H,2H2,1H3,(H4,14,15,16,17,18). The molecule has 94 valence electrons. The Balaban J connectivity index is 2.23. The molecule has 0 radical (unpaired) electrons. The molecule has 0 atom stereocenters. The molecular weight excluding hydrogens is 294 g/mol. The average Bonchev–Trinajstić information content (AvgIpc) is 2.28. The largest absolute Gasteiger partial charge is 0.370 e. The molecule has 4 N–H and O–H groups in total. The average molecular weight is 308 g/mol. The van der Waals surface area contributed by atoms with E-state index in [4.69, 9.17) is 5.73 Å². The molecular formula is C12H14BrN5. The Morgan fingerprint density at radius 2 is 2.00 bits per heavy atom. The van der Waals surface area contributed by atoms with Gasteiger partial charge in [-0.15, -0.1) is 0 Å². The fourth-order valence-corrected chi connectivity index (χ4v) is 1.91. The second-order valence-electron chi connectivity index (χ2n) is 3.66. The summed E-state index contributed by atoms with van der Waals surface area (Å²) in [6, 6.07) is 9.65. The van der Waals surface area contributed by atoms with Crippen molar-refractivity contribution < 1.29 is 0 Å². The quantitative estimate of drug-likeness (QED) is 0.809. The smallest absolute Gasteiger partial charge is 0.223 e. The Morgan fingerprint density at radius 1 is 1.22 bits per heavy atom. The van der Waals surface area contributed by atoms with Gasteiger partial charge in [0, 0.05) is 22.8 Å². The summed E-state index contributed by atoms with van der Waals surface area (Å²) in [7, 11) is 0. The molecule has 6 heteroatoms. The summed E-state index contributed by atoms with van der Waals surface area (Å²) in [6.07, 6.45) is 0. The molecule has 0 fully saturated rings. The number of aromatic nitrogens is 2. The molecule has 0 saturated heterocycles. The Morgan fingerprint density at radius 3 is 2.72 bits per heavy atom. The van der Waals surface area contributed by atoms with Crippen molar-refractivity contribution in [3.8, 4) is 0 Å². The zero-order chi connectivity index (χ0) is 13.0. The van der Waals surface area contributed by atoms with E-state index in [-0.39, 0.29) is 5.95 Å². The molecule has 0 bridgehead atoms. The number of nitrogens with zero attached hydrogens (tertiary/aromatic N) is 2. The fraction of sp³-hybridized carbons (Fsp3) is 0.167. The van der Waals surface area contributed by atoms with E-state index in [1.54, 1.807) is 0 Å². The first-order valence-electron chi connectivity index (χ1n) is 5.58. The lowest BCUT2D eigenvalue weighted by Gasteiger charge is -2.09. The molecule has 0 saturated carbocycles. The highest BCUT2D eigenvalue weighted by Crippen LogP contribution is 2.21. The minimum absolute atomic E-state index is 0.242. The number of hydrogen-bond acceptors (Lipinski definition) is 5. The SMILES string of the molecule is CCNc1cc(Nc2cccc(Br)c2)nc(N)n1. The molecule has 1 heterocycles. The molecule has 0 aliphatic carbocycles. The van der Waals surface area contributed by atoms with E-state index in [2.05, 4.69) is 36.5 Å². The summed E-state index contributed by atoms with van der Waals surface area (Å²) >= 11 is 3.42. The van der Waals surface area contributed by atoms with Crippen LogP contribution >= 0.6 is 15.9 Å². The molecule has 0 aliphatic rings. The summed E-state index contributed by atoms with van der Waals surface area (Å²) in [5, 5.41) is 6.29. The summed E-state index contributed by atoms with van der Waals surface area (Å²) < 4.78 is 1.00. The second-order valence-corrected chi connectivity index (χ2v) is 4.58. The highest BCUT2D eigenvalue weighted by molar-refractivity contribution is 9.10. The van der Waals surface area contributed by atoms with E-state index >= 15 is 0 Å². The van der Waals surface area contributed by atoms with Gasteiger partial charge < -0.3 is 16.4 Å². The Labute approximate surface area is 114 Å². The van der Waals surface area contributed by atoms with Crippen LogP contribution in [0.4, 0.5) is 23.3 Å². The number of halogens is 1. The van der Waals surface area contributed by atoms with E-state index in [9.17, 15) is 0 Å². The normalized spacial score (nSPS) is 10.1. The molecule has 0 spiro atoms. The van der Waals surface area contributed by atoms with E-state index in [1.807, 2.05) is 37.3 Å². The Bertz CT molecular complexity index is 544. The van der Waals surface area contributed by atoms with Crippen LogP contribution in [-0.2, 0) is 0 Å². The van der Waals surface area contributed by atoms with Crippen molar-refractivity contribution in [1.82, 2.24) is 9.97 Å². The minimum Gasteiger partial charge on any atom is -0.370 e. The maximum Gasteiger partial charge on any atom is 0.223 e. The van der Waals surface area contributed by atoms with Crippen molar-refractivity contribution >= 4 is 39.2 Å². The van der Waals surface area contributed by atoms with Crippen LogP contribution < -0.4 is 16.4 Å². The first-order chi connectivity index (χ1) is 8.67. The van der Waals surface area contributed by atoms with Crippen LogP contribution in [-0.4, -0.2) is 16.5 Å². The van der Waals surface area contributed by atoms with E-state index in [1.165, 1.54) is 0 Å². The maximum atomic E-state index is 5.66. The van der Waals surface area contributed by atoms with Gasteiger partial charge in [-0.25, -0.2) is 0 Å². The molecule has 2 aromatic rings. The second kappa shape index (κ2) is 5.68. The Kier molecular flexibility index (Phi) is 3.99. The fourth-order valence-electron chi connectivity index (χ4n) is 1.52. The number of nitrogen functional groups attached to an aromatic ring is 1. The van der Waals surface area contributed by atoms with Crippen LogP contribution in [0, 0.1) is 0 Å². The molecule has 0 aliphatic heterocycles. The lowest BCUT2D eigenvalue weighted by Crippen LogP contribution is -2.05. The van der Waals surface area contributed by atoms with Crippen LogP contribution in [0.5, 0.6) is 0 Å². The van der Waals surface area contributed by atoms with Gasteiger partial charge in [-0.05, 0) is 25.1 Å². The number of nitrogens with two attached hydrogens (primary N) is 1. The number of rotatable bonds is 4. The first kappa shape index (κ1) is 12.6. The van der Waals surface area contributed by atoms with Crippen LogP contribution in [0.3, 0.4) is 0 Å². The number of hydrogen-bond donors (Lipinski definition) is 3. The molecule has 5 nitrogen and oxygen atoms in total. The Hall–Kier alpha value is -1.82. The van der Waals surface area contributed by atoms with Crippen molar-refractivity contribution in [3.05, 3.63) is 34.8 Å². The van der Waals surface area contributed by atoms with Gasteiger partial charge in [0.1, 0.15) is 11.6 Å². The lowest BCUT2D eigenvalue weighted by atomic mass is 10.3. The van der Waals surface area contributed by atoms with Crippen molar-refractivity contribution in [2.45, 2.75) is 6.92 Å². The summed E-state index contributed by atoms with van der Waals surface area (Å²) in [5.74, 6) is 1.62. The van der Waals surface area contributed by atoms with Crippen LogP contribution in [0.15, 0.2) is 34.8 Å².